The first-order valence-electron chi connectivity index (χ1n) is 7.65. The summed E-state index contributed by atoms with van der Waals surface area (Å²) in [7, 11) is 1.84. The van der Waals surface area contributed by atoms with Crippen LogP contribution in [0.5, 0.6) is 0 Å². The fourth-order valence-electron chi connectivity index (χ4n) is 2.64. The summed E-state index contributed by atoms with van der Waals surface area (Å²) in [6.45, 7) is 1.93. The minimum absolute atomic E-state index is 0.226. The minimum Gasteiger partial charge on any atom is -0.338 e. The van der Waals surface area contributed by atoms with E-state index in [4.69, 9.17) is 0 Å². The fourth-order valence-corrected chi connectivity index (χ4v) is 2.64. The number of rotatable bonds is 4. The summed E-state index contributed by atoms with van der Waals surface area (Å²) in [4.78, 5) is 16.9. The molecule has 122 valence electrons. The Hall–Kier alpha value is -2.95. The number of hydrogen-bond acceptors (Lipinski definition) is 2. The van der Waals surface area contributed by atoms with Gasteiger partial charge in [-0.05, 0) is 36.8 Å². The third-order valence-electron chi connectivity index (χ3n) is 3.85. The van der Waals surface area contributed by atoms with Crippen LogP contribution in [0.15, 0.2) is 60.9 Å². The Morgan fingerprint density at radius 1 is 1.21 bits per heavy atom. The lowest BCUT2D eigenvalue weighted by atomic mass is 10.0. The second-order valence-corrected chi connectivity index (χ2v) is 5.73. The maximum absolute atomic E-state index is 13.6. The lowest BCUT2D eigenvalue weighted by Crippen LogP contribution is -2.31. The zero-order valence-corrected chi connectivity index (χ0v) is 13.5. The molecule has 0 fully saturated rings. The first-order chi connectivity index (χ1) is 11.5. The summed E-state index contributed by atoms with van der Waals surface area (Å²) in [5, 5.41) is 2.96. The summed E-state index contributed by atoms with van der Waals surface area (Å²) >= 11 is 0. The third-order valence-corrected chi connectivity index (χ3v) is 3.85. The Morgan fingerprint density at radius 2 is 2.00 bits per heavy atom. The van der Waals surface area contributed by atoms with Crippen LogP contribution in [0.1, 0.15) is 33.4 Å². The van der Waals surface area contributed by atoms with Crippen molar-refractivity contribution in [2.75, 3.05) is 0 Å². The Kier molecular flexibility index (Phi) is 4.42. The van der Waals surface area contributed by atoms with Gasteiger partial charge in [0.05, 0.1) is 0 Å². The van der Waals surface area contributed by atoms with E-state index < -0.39 is 6.04 Å². The highest BCUT2D eigenvalue weighted by Crippen LogP contribution is 2.22. The zero-order valence-electron chi connectivity index (χ0n) is 13.5. The number of hydrogen-bond donors (Lipinski definition) is 1. The summed E-state index contributed by atoms with van der Waals surface area (Å²) in [6.07, 6.45) is 3.45. The number of nitrogens with one attached hydrogen (secondary N) is 1. The molecule has 3 rings (SSSR count). The number of aryl methyl sites for hydroxylation is 2. The molecule has 24 heavy (non-hydrogen) atoms. The molecule has 0 aliphatic carbocycles. The molecule has 1 heterocycles. The van der Waals surface area contributed by atoms with Gasteiger partial charge < -0.3 is 9.88 Å². The molecule has 5 heteroatoms. The van der Waals surface area contributed by atoms with E-state index in [-0.39, 0.29) is 11.7 Å². The predicted molar refractivity (Wildman–Crippen MR) is 90.1 cm³/mol. The van der Waals surface area contributed by atoms with Gasteiger partial charge in [0.1, 0.15) is 17.7 Å². The number of aromatic nitrogens is 2. The Labute approximate surface area is 140 Å². The van der Waals surface area contributed by atoms with E-state index in [2.05, 4.69) is 10.3 Å². The van der Waals surface area contributed by atoms with Crippen molar-refractivity contribution < 1.29 is 9.18 Å². The van der Waals surface area contributed by atoms with Gasteiger partial charge in [-0.2, -0.15) is 0 Å². The van der Waals surface area contributed by atoms with Crippen LogP contribution < -0.4 is 5.32 Å². The second kappa shape index (κ2) is 6.66. The van der Waals surface area contributed by atoms with Gasteiger partial charge in [-0.25, -0.2) is 9.37 Å². The molecule has 1 unspecified atom stereocenters. The maximum atomic E-state index is 13.6. The predicted octanol–water partition coefficient (Wildman–Crippen LogP) is 3.39. The van der Waals surface area contributed by atoms with Crippen molar-refractivity contribution >= 4 is 5.91 Å². The number of carbonyl (C=O) groups is 1. The van der Waals surface area contributed by atoms with Gasteiger partial charge in [0.2, 0.25) is 0 Å². The van der Waals surface area contributed by atoms with E-state index in [1.807, 2.05) is 36.7 Å². The van der Waals surface area contributed by atoms with Gasteiger partial charge in [0.25, 0.3) is 5.91 Å². The van der Waals surface area contributed by atoms with E-state index >= 15 is 0 Å². The van der Waals surface area contributed by atoms with E-state index in [9.17, 15) is 9.18 Å². The third kappa shape index (κ3) is 3.35. The smallest absolute Gasteiger partial charge is 0.252 e. The number of imidazole rings is 1. The van der Waals surface area contributed by atoms with Crippen molar-refractivity contribution in [2.24, 2.45) is 7.05 Å². The first-order valence-corrected chi connectivity index (χ1v) is 7.65. The van der Waals surface area contributed by atoms with Crippen LogP contribution >= 0.6 is 0 Å². The van der Waals surface area contributed by atoms with Crippen molar-refractivity contribution in [3.05, 3.63) is 89.3 Å². The Morgan fingerprint density at radius 3 is 2.67 bits per heavy atom. The molecular formula is C19H18FN3O. The van der Waals surface area contributed by atoms with Crippen LogP contribution in [-0.4, -0.2) is 15.5 Å². The average Bonchev–Trinajstić information content (AvgIpc) is 2.98. The highest BCUT2D eigenvalue weighted by molar-refractivity contribution is 5.94. The SMILES string of the molecule is Cc1cccc(C(=O)NC(c2cccc(F)c2)c2nccn2C)c1. The van der Waals surface area contributed by atoms with Gasteiger partial charge in [-0.15, -0.1) is 0 Å². The van der Waals surface area contributed by atoms with Crippen LogP contribution in [0.25, 0.3) is 0 Å². The molecule has 0 bridgehead atoms. The molecule has 0 saturated heterocycles. The van der Waals surface area contributed by atoms with Gasteiger partial charge in [0.15, 0.2) is 0 Å². The number of benzene rings is 2. The standard InChI is InChI=1S/C19H18FN3O/c1-13-5-3-7-15(11-13)19(24)22-17(18-21-9-10-23(18)2)14-6-4-8-16(20)12-14/h3-12,17H,1-2H3,(H,22,24). The lowest BCUT2D eigenvalue weighted by Gasteiger charge is -2.19. The van der Waals surface area contributed by atoms with Crippen molar-refractivity contribution in [3.8, 4) is 0 Å². The van der Waals surface area contributed by atoms with E-state index in [0.717, 1.165) is 5.56 Å². The Bertz CT molecular complexity index is 872. The first kappa shape index (κ1) is 15.9. The molecule has 3 aromatic rings. The fraction of sp³-hybridized carbons (Fsp3) is 0.158. The molecular weight excluding hydrogens is 305 g/mol. The van der Waals surface area contributed by atoms with Gasteiger partial charge in [-0.3, -0.25) is 4.79 Å². The molecule has 0 aliphatic rings. The van der Waals surface area contributed by atoms with Gasteiger partial charge in [0, 0.05) is 25.0 Å². The van der Waals surface area contributed by atoms with Crippen LogP contribution in [0.4, 0.5) is 4.39 Å². The number of nitrogens with zero attached hydrogens (tertiary/aromatic N) is 2. The monoisotopic (exact) mass is 323 g/mol. The highest BCUT2D eigenvalue weighted by Gasteiger charge is 2.21. The van der Waals surface area contributed by atoms with Crippen LogP contribution in [0.2, 0.25) is 0 Å². The van der Waals surface area contributed by atoms with Crippen LogP contribution in [0, 0.1) is 12.7 Å². The van der Waals surface area contributed by atoms with Gasteiger partial charge >= 0.3 is 0 Å². The van der Waals surface area contributed by atoms with Crippen molar-refractivity contribution in [1.82, 2.24) is 14.9 Å². The molecule has 2 aromatic carbocycles. The number of carbonyl (C=O) groups excluding carboxylic acids is 1. The molecule has 0 spiro atoms. The highest BCUT2D eigenvalue weighted by atomic mass is 19.1. The molecule has 0 radical (unpaired) electrons. The summed E-state index contributed by atoms with van der Waals surface area (Å²) in [5.74, 6) is 0.0640. The minimum atomic E-state index is -0.534. The largest absolute Gasteiger partial charge is 0.338 e. The summed E-state index contributed by atoms with van der Waals surface area (Å²) < 4.78 is 15.5. The van der Waals surface area contributed by atoms with Crippen molar-refractivity contribution in [1.29, 1.82) is 0 Å². The van der Waals surface area contributed by atoms with Crippen LogP contribution in [0.3, 0.4) is 0 Å². The second-order valence-electron chi connectivity index (χ2n) is 5.73. The number of halogens is 1. The number of amides is 1. The zero-order chi connectivity index (χ0) is 17.1. The maximum Gasteiger partial charge on any atom is 0.252 e. The van der Waals surface area contributed by atoms with E-state index in [1.165, 1.54) is 12.1 Å². The average molecular weight is 323 g/mol. The summed E-state index contributed by atoms with van der Waals surface area (Å²) in [5.41, 5.74) is 2.21. The molecule has 1 N–H and O–H groups in total. The molecule has 0 aliphatic heterocycles. The van der Waals surface area contributed by atoms with E-state index in [1.54, 1.807) is 30.6 Å². The normalized spacial score (nSPS) is 12.0. The Balaban J connectivity index is 1.96. The lowest BCUT2D eigenvalue weighted by molar-refractivity contribution is 0.0941. The molecule has 1 aromatic heterocycles. The summed E-state index contributed by atoms with van der Waals surface area (Å²) in [6, 6.07) is 13.0. The van der Waals surface area contributed by atoms with E-state index in [0.29, 0.717) is 17.0 Å². The molecule has 0 saturated carbocycles. The van der Waals surface area contributed by atoms with Crippen LogP contribution in [-0.2, 0) is 7.05 Å². The molecule has 1 atom stereocenters. The quantitative estimate of drug-likeness (QED) is 0.800. The molecule has 1 amide bonds. The van der Waals surface area contributed by atoms with Gasteiger partial charge in [-0.1, -0.05) is 29.8 Å². The molecule has 4 nitrogen and oxygen atoms in total. The topological polar surface area (TPSA) is 46.9 Å². The van der Waals surface area contributed by atoms with Crippen molar-refractivity contribution in [2.45, 2.75) is 13.0 Å². The van der Waals surface area contributed by atoms with Crippen molar-refractivity contribution in [3.63, 3.8) is 0 Å².